The Morgan fingerprint density at radius 1 is 1.32 bits per heavy atom. The number of nitrogens with zero attached hydrogens (tertiary/aromatic N) is 1. The first-order valence-electron chi connectivity index (χ1n) is 5.74. The molecule has 0 saturated heterocycles. The molecule has 1 heterocycles. The summed E-state index contributed by atoms with van der Waals surface area (Å²) < 4.78 is 20.0. The van der Waals surface area contributed by atoms with Crippen LogP contribution in [-0.4, -0.2) is 10.1 Å². The first-order valence-corrected chi connectivity index (χ1v) is 6.53. The van der Waals surface area contributed by atoms with E-state index in [-0.39, 0.29) is 5.82 Å². The Kier molecular flexibility index (Phi) is 4.17. The summed E-state index contributed by atoms with van der Waals surface area (Å²) in [4.78, 5) is 3.99. The van der Waals surface area contributed by atoms with Crippen LogP contribution in [0, 0.1) is 12.7 Å². The largest absolute Gasteiger partial charge is 0.455 e. The van der Waals surface area contributed by atoms with Gasteiger partial charge in [-0.05, 0) is 53.5 Å². The molecule has 0 aliphatic carbocycles. The standard InChI is InChI=1S/C14H13BrFNO2/c1-8-3-14(12(9(2)18)5-13(8)16)19-11-4-10(15)6-17-7-11/h3-7,9,18H,1-2H3/t9-/m1/s1. The molecule has 1 aromatic carbocycles. The highest BCUT2D eigenvalue weighted by molar-refractivity contribution is 9.10. The molecular formula is C14H13BrFNO2. The molecule has 2 rings (SSSR count). The van der Waals surface area contributed by atoms with Crippen molar-refractivity contribution >= 4 is 15.9 Å². The topological polar surface area (TPSA) is 42.4 Å². The van der Waals surface area contributed by atoms with Crippen LogP contribution in [0.15, 0.2) is 35.1 Å². The molecule has 0 radical (unpaired) electrons. The van der Waals surface area contributed by atoms with E-state index in [9.17, 15) is 9.50 Å². The third-order valence-corrected chi connectivity index (χ3v) is 3.08. The number of benzene rings is 1. The van der Waals surface area contributed by atoms with Gasteiger partial charge in [-0.25, -0.2) is 4.39 Å². The minimum absolute atomic E-state index is 0.365. The first kappa shape index (κ1) is 14.0. The third kappa shape index (κ3) is 3.30. The lowest BCUT2D eigenvalue weighted by molar-refractivity contribution is 0.195. The average molecular weight is 326 g/mol. The second-order valence-electron chi connectivity index (χ2n) is 4.26. The van der Waals surface area contributed by atoms with Crippen LogP contribution in [0.5, 0.6) is 11.5 Å². The second-order valence-corrected chi connectivity index (χ2v) is 5.17. The Bertz CT molecular complexity index is 602. The zero-order valence-corrected chi connectivity index (χ0v) is 12.1. The van der Waals surface area contributed by atoms with Gasteiger partial charge in [0.15, 0.2) is 0 Å². The molecule has 1 atom stereocenters. The Labute approximate surface area is 119 Å². The number of pyridine rings is 1. The molecule has 19 heavy (non-hydrogen) atoms. The molecule has 100 valence electrons. The predicted octanol–water partition coefficient (Wildman–Crippen LogP) is 4.14. The number of hydrogen-bond donors (Lipinski definition) is 1. The van der Waals surface area contributed by atoms with Crippen molar-refractivity contribution in [2.45, 2.75) is 20.0 Å². The van der Waals surface area contributed by atoms with E-state index >= 15 is 0 Å². The normalized spacial score (nSPS) is 12.3. The maximum absolute atomic E-state index is 13.5. The fourth-order valence-corrected chi connectivity index (χ4v) is 2.00. The lowest BCUT2D eigenvalue weighted by Crippen LogP contribution is -1.99. The molecule has 0 aliphatic heterocycles. The first-order chi connectivity index (χ1) is 8.97. The molecule has 0 unspecified atom stereocenters. The van der Waals surface area contributed by atoms with E-state index in [0.29, 0.717) is 22.6 Å². The maximum Gasteiger partial charge on any atom is 0.146 e. The SMILES string of the molecule is Cc1cc(Oc2cncc(Br)c2)c([C@@H](C)O)cc1F. The van der Waals surface area contributed by atoms with Gasteiger partial charge >= 0.3 is 0 Å². The Balaban J connectivity index is 2.41. The van der Waals surface area contributed by atoms with Gasteiger partial charge in [-0.1, -0.05) is 0 Å². The number of ether oxygens (including phenoxy) is 1. The van der Waals surface area contributed by atoms with Crippen LogP contribution in [0.2, 0.25) is 0 Å². The molecule has 0 aliphatic rings. The fraction of sp³-hybridized carbons (Fsp3) is 0.214. The van der Waals surface area contributed by atoms with Crippen LogP contribution in [-0.2, 0) is 0 Å². The van der Waals surface area contributed by atoms with Crippen LogP contribution < -0.4 is 4.74 Å². The fourth-order valence-electron chi connectivity index (χ4n) is 1.66. The molecule has 1 aromatic heterocycles. The van der Waals surface area contributed by atoms with Crippen molar-refractivity contribution in [3.8, 4) is 11.5 Å². The quantitative estimate of drug-likeness (QED) is 0.922. The Morgan fingerprint density at radius 3 is 2.68 bits per heavy atom. The lowest BCUT2D eigenvalue weighted by atomic mass is 10.1. The predicted molar refractivity (Wildman–Crippen MR) is 73.8 cm³/mol. The van der Waals surface area contributed by atoms with Crippen molar-refractivity contribution in [2.24, 2.45) is 0 Å². The molecular weight excluding hydrogens is 313 g/mol. The molecule has 0 fully saturated rings. The van der Waals surface area contributed by atoms with Gasteiger partial charge in [0.2, 0.25) is 0 Å². The second kappa shape index (κ2) is 5.67. The van der Waals surface area contributed by atoms with Gasteiger partial charge in [0.05, 0.1) is 12.3 Å². The molecule has 0 bridgehead atoms. The summed E-state index contributed by atoms with van der Waals surface area (Å²) in [5.41, 5.74) is 0.866. The van der Waals surface area contributed by atoms with Crippen molar-refractivity contribution in [1.29, 1.82) is 0 Å². The van der Waals surface area contributed by atoms with Gasteiger partial charge in [0.25, 0.3) is 0 Å². The van der Waals surface area contributed by atoms with Gasteiger partial charge in [0, 0.05) is 16.2 Å². The molecule has 5 heteroatoms. The van der Waals surface area contributed by atoms with Crippen molar-refractivity contribution in [2.75, 3.05) is 0 Å². The zero-order valence-electron chi connectivity index (χ0n) is 10.5. The molecule has 0 saturated carbocycles. The number of aromatic nitrogens is 1. The van der Waals surface area contributed by atoms with E-state index in [2.05, 4.69) is 20.9 Å². The highest BCUT2D eigenvalue weighted by Crippen LogP contribution is 2.32. The minimum Gasteiger partial charge on any atom is -0.455 e. The van der Waals surface area contributed by atoms with Gasteiger partial charge < -0.3 is 9.84 Å². The van der Waals surface area contributed by atoms with Crippen LogP contribution in [0.25, 0.3) is 0 Å². The smallest absolute Gasteiger partial charge is 0.146 e. The molecule has 0 spiro atoms. The monoisotopic (exact) mass is 325 g/mol. The van der Waals surface area contributed by atoms with Gasteiger partial charge in [-0.3, -0.25) is 4.98 Å². The summed E-state index contributed by atoms with van der Waals surface area (Å²) >= 11 is 3.30. The molecule has 3 nitrogen and oxygen atoms in total. The number of rotatable bonds is 3. The van der Waals surface area contributed by atoms with E-state index in [1.165, 1.54) is 6.07 Å². The number of hydrogen-bond acceptors (Lipinski definition) is 3. The lowest BCUT2D eigenvalue weighted by Gasteiger charge is -2.14. The summed E-state index contributed by atoms with van der Waals surface area (Å²) in [6.45, 7) is 3.21. The molecule has 2 aromatic rings. The summed E-state index contributed by atoms with van der Waals surface area (Å²) in [6, 6.07) is 4.61. The van der Waals surface area contributed by atoms with Crippen LogP contribution in [0.3, 0.4) is 0 Å². The van der Waals surface area contributed by atoms with Gasteiger partial charge in [0.1, 0.15) is 17.3 Å². The van der Waals surface area contributed by atoms with Crippen molar-refractivity contribution in [3.05, 3.63) is 52.0 Å². The van der Waals surface area contributed by atoms with E-state index in [0.717, 1.165) is 4.47 Å². The van der Waals surface area contributed by atoms with E-state index in [1.54, 1.807) is 38.4 Å². The van der Waals surface area contributed by atoms with Crippen LogP contribution in [0.1, 0.15) is 24.2 Å². The summed E-state index contributed by atoms with van der Waals surface area (Å²) in [5.74, 6) is 0.576. The Hall–Kier alpha value is -1.46. The highest BCUT2D eigenvalue weighted by Gasteiger charge is 2.14. The zero-order chi connectivity index (χ0) is 14.0. The van der Waals surface area contributed by atoms with E-state index in [1.807, 2.05) is 0 Å². The highest BCUT2D eigenvalue weighted by atomic mass is 79.9. The van der Waals surface area contributed by atoms with Crippen LogP contribution in [0.4, 0.5) is 4.39 Å². The Morgan fingerprint density at radius 2 is 2.05 bits per heavy atom. The minimum atomic E-state index is -0.815. The van der Waals surface area contributed by atoms with Crippen molar-refractivity contribution < 1.29 is 14.2 Å². The van der Waals surface area contributed by atoms with Crippen LogP contribution >= 0.6 is 15.9 Å². The summed E-state index contributed by atoms with van der Waals surface area (Å²) in [5, 5.41) is 9.68. The summed E-state index contributed by atoms with van der Waals surface area (Å²) in [7, 11) is 0. The van der Waals surface area contributed by atoms with E-state index < -0.39 is 6.10 Å². The number of aliphatic hydroxyl groups is 1. The van der Waals surface area contributed by atoms with Gasteiger partial charge in [-0.2, -0.15) is 0 Å². The molecule has 0 amide bonds. The molecule has 1 N–H and O–H groups in total. The third-order valence-electron chi connectivity index (χ3n) is 2.65. The van der Waals surface area contributed by atoms with Crippen molar-refractivity contribution in [3.63, 3.8) is 0 Å². The summed E-state index contributed by atoms with van der Waals surface area (Å²) in [6.07, 6.45) is 2.37. The van der Waals surface area contributed by atoms with Gasteiger partial charge in [-0.15, -0.1) is 0 Å². The number of aliphatic hydroxyl groups excluding tert-OH is 1. The number of halogens is 2. The van der Waals surface area contributed by atoms with Crippen molar-refractivity contribution in [1.82, 2.24) is 4.98 Å². The maximum atomic E-state index is 13.5. The number of aryl methyl sites for hydroxylation is 1. The van der Waals surface area contributed by atoms with E-state index in [4.69, 9.17) is 4.74 Å². The average Bonchev–Trinajstić information content (AvgIpc) is 2.33.